The molecule has 0 fully saturated rings. The number of fused-ring (bicyclic) bond motifs is 1. The van der Waals surface area contributed by atoms with Crippen molar-refractivity contribution < 1.29 is 24.1 Å². The van der Waals surface area contributed by atoms with Gasteiger partial charge in [0.25, 0.3) is 0 Å². The van der Waals surface area contributed by atoms with Gasteiger partial charge in [-0.2, -0.15) is 5.10 Å². The molecule has 0 unspecified atom stereocenters. The van der Waals surface area contributed by atoms with E-state index in [0.29, 0.717) is 34.4 Å². The first-order valence-electron chi connectivity index (χ1n) is 11.0. The molecule has 0 radical (unpaired) electrons. The van der Waals surface area contributed by atoms with E-state index < -0.39 is 5.97 Å². The maximum atomic E-state index is 12.1. The van der Waals surface area contributed by atoms with E-state index in [-0.39, 0.29) is 12.4 Å². The highest BCUT2D eigenvalue weighted by atomic mass is 35.5. The summed E-state index contributed by atoms with van der Waals surface area (Å²) in [5.74, 6) is 0.995. The number of rotatable bonds is 7. The van der Waals surface area contributed by atoms with Crippen molar-refractivity contribution in [2.45, 2.75) is 6.92 Å². The highest BCUT2D eigenvalue weighted by Gasteiger charge is 2.19. The van der Waals surface area contributed by atoms with Crippen molar-refractivity contribution in [1.82, 2.24) is 9.78 Å². The number of carboxylic acid groups (broad SMARTS) is 1. The fourth-order valence-corrected chi connectivity index (χ4v) is 4.04. The molecule has 0 atom stereocenters. The molecule has 35 heavy (non-hydrogen) atoms. The zero-order chi connectivity index (χ0) is 24.4. The van der Waals surface area contributed by atoms with Crippen LogP contribution in [0.2, 0.25) is 5.02 Å². The number of hydrogen-bond acceptors (Lipinski definition) is 5. The molecule has 0 aliphatic carbocycles. The Balaban J connectivity index is 1.63. The number of hydrogen-bond donors (Lipinski definition) is 1. The average Bonchev–Trinajstić information content (AvgIpc) is 3.49. The van der Waals surface area contributed by atoms with Crippen LogP contribution in [0.4, 0.5) is 0 Å². The zero-order valence-electron chi connectivity index (χ0n) is 18.8. The topological polar surface area (TPSA) is 82.8 Å². The van der Waals surface area contributed by atoms with Crippen molar-refractivity contribution in [3.8, 4) is 34.2 Å². The van der Waals surface area contributed by atoms with Crippen molar-refractivity contribution >= 4 is 29.2 Å². The first kappa shape index (κ1) is 22.6. The van der Waals surface area contributed by atoms with Crippen molar-refractivity contribution in [3.05, 3.63) is 89.1 Å². The Kier molecular flexibility index (Phi) is 6.16. The van der Waals surface area contributed by atoms with Gasteiger partial charge in [-0.05, 0) is 79.2 Å². The Morgan fingerprint density at radius 2 is 1.89 bits per heavy atom. The summed E-state index contributed by atoms with van der Waals surface area (Å²) < 4.78 is 18.3. The molecule has 176 valence electrons. The first-order valence-corrected chi connectivity index (χ1v) is 11.3. The molecule has 0 saturated carbocycles. The van der Waals surface area contributed by atoms with Crippen molar-refractivity contribution in [2.24, 2.45) is 0 Å². The number of carbonyl (C=O) groups is 1. The molecule has 5 rings (SSSR count). The van der Waals surface area contributed by atoms with E-state index in [1.807, 2.05) is 55.5 Å². The van der Waals surface area contributed by atoms with Gasteiger partial charge in [0.15, 0.2) is 11.5 Å². The summed E-state index contributed by atoms with van der Waals surface area (Å²) in [4.78, 5) is 12.1. The third-order valence-corrected chi connectivity index (χ3v) is 5.68. The van der Waals surface area contributed by atoms with Crippen LogP contribution in [0.15, 0.2) is 72.8 Å². The van der Waals surface area contributed by atoms with Gasteiger partial charge in [-0.25, -0.2) is 9.48 Å². The van der Waals surface area contributed by atoms with E-state index in [2.05, 4.69) is 0 Å². The maximum absolute atomic E-state index is 12.1. The van der Waals surface area contributed by atoms with E-state index in [0.717, 1.165) is 22.7 Å². The third-order valence-electron chi connectivity index (χ3n) is 5.45. The number of aromatic nitrogens is 2. The molecule has 1 aliphatic rings. The van der Waals surface area contributed by atoms with E-state index in [9.17, 15) is 9.90 Å². The highest BCUT2D eigenvalue weighted by Crippen LogP contribution is 2.37. The Bertz CT molecular complexity index is 1430. The summed E-state index contributed by atoms with van der Waals surface area (Å²) in [5, 5.41) is 15.1. The van der Waals surface area contributed by atoms with Gasteiger partial charge in [0.1, 0.15) is 5.75 Å². The van der Waals surface area contributed by atoms with Gasteiger partial charge in [0.2, 0.25) is 6.79 Å². The van der Waals surface area contributed by atoms with Gasteiger partial charge in [-0.3, -0.25) is 0 Å². The van der Waals surface area contributed by atoms with Crippen LogP contribution >= 0.6 is 11.6 Å². The van der Waals surface area contributed by atoms with Crippen LogP contribution < -0.4 is 14.2 Å². The van der Waals surface area contributed by atoms with Gasteiger partial charge in [0, 0.05) is 10.6 Å². The third kappa shape index (κ3) is 4.72. The minimum Gasteiger partial charge on any atom is -0.494 e. The van der Waals surface area contributed by atoms with Crippen molar-refractivity contribution in [3.63, 3.8) is 0 Å². The molecule has 8 heteroatoms. The van der Waals surface area contributed by atoms with E-state index in [1.54, 1.807) is 28.9 Å². The first-order chi connectivity index (χ1) is 17.0. The Morgan fingerprint density at radius 3 is 2.63 bits per heavy atom. The lowest BCUT2D eigenvalue weighted by Crippen LogP contribution is -2.01. The van der Waals surface area contributed by atoms with Crippen molar-refractivity contribution in [2.75, 3.05) is 13.4 Å². The molecule has 0 bridgehead atoms. The van der Waals surface area contributed by atoms with E-state index in [4.69, 9.17) is 30.9 Å². The predicted octanol–water partition coefficient (Wildman–Crippen LogP) is 5.95. The average molecular weight is 489 g/mol. The fourth-order valence-electron chi connectivity index (χ4n) is 3.85. The maximum Gasteiger partial charge on any atom is 0.336 e. The molecule has 0 spiro atoms. The predicted molar refractivity (Wildman–Crippen MR) is 133 cm³/mol. The Hall–Kier alpha value is -4.23. The van der Waals surface area contributed by atoms with Gasteiger partial charge in [0.05, 0.1) is 29.3 Å². The molecule has 7 nitrogen and oxygen atoms in total. The largest absolute Gasteiger partial charge is 0.494 e. The van der Waals surface area contributed by atoms with Crippen LogP contribution in [0.1, 0.15) is 18.2 Å². The summed E-state index contributed by atoms with van der Waals surface area (Å²) in [6.45, 7) is 2.67. The molecule has 1 N–H and O–H groups in total. The lowest BCUT2D eigenvalue weighted by molar-refractivity contribution is -0.130. The van der Waals surface area contributed by atoms with Crippen LogP contribution in [0, 0.1) is 0 Å². The van der Waals surface area contributed by atoms with Gasteiger partial charge < -0.3 is 19.3 Å². The van der Waals surface area contributed by atoms with E-state index in [1.165, 1.54) is 6.08 Å². The van der Waals surface area contributed by atoms with Gasteiger partial charge in [-0.15, -0.1) is 0 Å². The van der Waals surface area contributed by atoms with E-state index >= 15 is 0 Å². The monoisotopic (exact) mass is 488 g/mol. The number of halogens is 1. The summed E-state index contributed by atoms with van der Waals surface area (Å²) >= 11 is 6.10. The molecule has 1 aliphatic heterocycles. The number of ether oxygens (including phenoxy) is 3. The Morgan fingerprint density at radius 1 is 1.09 bits per heavy atom. The van der Waals surface area contributed by atoms with Crippen LogP contribution in [-0.4, -0.2) is 34.3 Å². The second-order valence-electron chi connectivity index (χ2n) is 7.73. The molecular formula is C27H21ClN2O5. The molecule has 2 heterocycles. The molecule has 3 aromatic carbocycles. The lowest BCUT2D eigenvalue weighted by Gasteiger charge is -2.09. The highest BCUT2D eigenvalue weighted by molar-refractivity contribution is 6.31. The molecule has 0 amide bonds. The van der Waals surface area contributed by atoms with Crippen LogP contribution in [0.5, 0.6) is 17.2 Å². The second kappa shape index (κ2) is 9.56. The second-order valence-corrected chi connectivity index (χ2v) is 8.17. The SMILES string of the molecule is CCOc1ccc(-n2nc(/C=C(\C(=O)O)c3cccc(Cl)c3)cc2-c2ccc3c(c2)OCO3)cc1. The smallest absolute Gasteiger partial charge is 0.336 e. The summed E-state index contributed by atoms with van der Waals surface area (Å²) in [7, 11) is 0. The number of nitrogens with zero attached hydrogens (tertiary/aromatic N) is 2. The summed E-state index contributed by atoms with van der Waals surface area (Å²) in [6, 6.07) is 21.7. The van der Waals surface area contributed by atoms with Gasteiger partial charge in [-0.1, -0.05) is 23.7 Å². The summed E-state index contributed by atoms with van der Waals surface area (Å²) in [5.41, 5.74) is 3.44. The van der Waals surface area contributed by atoms with Crippen LogP contribution in [0.25, 0.3) is 28.6 Å². The zero-order valence-corrected chi connectivity index (χ0v) is 19.5. The molecule has 1 aromatic heterocycles. The van der Waals surface area contributed by atoms with Gasteiger partial charge >= 0.3 is 5.97 Å². The van der Waals surface area contributed by atoms with Crippen molar-refractivity contribution in [1.29, 1.82) is 0 Å². The number of aliphatic carboxylic acids is 1. The minimum atomic E-state index is -1.08. The molecule has 4 aromatic rings. The summed E-state index contributed by atoms with van der Waals surface area (Å²) in [6.07, 6.45) is 1.54. The lowest BCUT2D eigenvalue weighted by atomic mass is 10.0. The fraction of sp³-hybridized carbons (Fsp3) is 0.111. The molecular weight excluding hydrogens is 468 g/mol. The minimum absolute atomic E-state index is 0.0843. The molecule has 0 saturated heterocycles. The quantitative estimate of drug-likeness (QED) is 0.324. The number of carboxylic acids is 1. The number of benzene rings is 3. The van der Waals surface area contributed by atoms with Crippen LogP contribution in [-0.2, 0) is 4.79 Å². The standard InChI is InChI=1S/C27H21ClN2O5/c1-2-33-22-9-7-21(8-10-22)30-24(18-6-11-25-26(13-18)35-16-34-25)15-20(29-30)14-23(27(31)32)17-4-3-5-19(28)12-17/h3-15H,2,16H2,1H3,(H,31,32)/b23-14-. The Labute approximate surface area is 206 Å². The normalized spacial score (nSPS) is 12.6. The van der Waals surface area contributed by atoms with Crippen LogP contribution in [0.3, 0.4) is 0 Å².